The number of hydrogen-bond donors (Lipinski definition) is 2. The van der Waals surface area contributed by atoms with Crippen LogP contribution in [0.15, 0.2) is 8.68 Å². The van der Waals surface area contributed by atoms with Crippen molar-refractivity contribution in [3.63, 3.8) is 0 Å². The molecule has 0 aliphatic carbocycles. The van der Waals surface area contributed by atoms with Gasteiger partial charge in [-0.2, -0.15) is 8.42 Å². The van der Waals surface area contributed by atoms with E-state index in [0.717, 1.165) is 28.4 Å². The summed E-state index contributed by atoms with van der Waals surface area (Å²) in [4.78, 5) is 11.9. The fraction of sp³-hybridized carbons (Fsp3) is 0.615. The summed E-state index contributed by atoms with van der Waals surface area (Å²) in [5, 5.41) is 18.0. The zero-order valence-corrected chi connectivity index (χ0v) is 18.2. The molecule has 0 atom stereocenters. The molecule has 13 heteroatoms. The second-order valence-corrected chi connectivity index (χ2v) is 11.8. The molecule has 9 nitrogen and oxygen atoms in total. The van der Waals surface area contributed by atoms with Crippen LogP contribution in [-0.4, -0.2) is 40.5 Å². The van der Waals surface area contributed by atoms with E-state index >= 15 is 0 Å². The zero-order chi connectivity index (χ0) is 19.5. The molecule has 2 aromatic heterocycles. The van der Waals surface area contributed by atoms with Gasteiger partial charge in [-0.05, 0) is 5.92 Å². The minimum atomic E-state index is -3.94. The minimum Gasteiger partial charge on any atom is -0.300 e. The number of nitrogens with one attached hydrogen (secondary N) is 2. The van der Waals surface area contributed by atoms with Crippen molar-refractivity contribution in [2.24, 2.45) is 11.3 Å². The van der Waals surface area contributed by atoms with Gasteiger partial charge in [0, 0.05) is 11.2 Å². The SMILES string of the molecule is CC(C)CSc1nnc(NS(=O)(=O)c2nnc(NC(=O)C(C)(C)C)s2)s1. The van der Waals surface area contributed by atoms with Crippen molar-refractivity contribution in [3.05, 3.63) is 0 Å². The Bertz CT molecular complexity index is 869. The molecular weight excluding hydrogens is 416 g/mol. The van der Waals surface area contributed by atoms with Crippen LogP contribution in [0.4, 0.5) is 10.3 Å². The Hall–Kier alpha value is -1.31. The Morgan fingerprint density at radius 3 is 2.38 bits per heavy atom. The number of rotatable bonds is 7. The molecule has 0 aromatic carbocycles. The van der Waals surface area contributed by atoms with Crippen LogP contribution in [0.25, 0.3) is 0 Å². The first-order valence-electron chi connectivity index (χ1n) is 7.61. The molecule has 0 aliphatic rings. The van der Waals surface area contributed by atoms with E-state index in [0.29, 0.717) is 10.3 Å². The van der Waals surface area contributed by atoms with Crippen molar-refractivity contribution in [2.45, 2.75) is 43.3 Å². The number of thioether (sulfide) groups is 1. The van der Waals surface area contributed by atoms with Crippen LogP contribution < -0.4 is 10.0 Å². The number of nitrogens with zero attached hydrogens (tertiary/aromatic N) is 4. The Balaban J connectivity index is 2.05. The summed E-state index contributed by atoms with van der Waals surface area (Å²) >= 11 is 3.45. The predicted molar refractivity (Wildman–Crippen MR) is 104 cm³/mol. The maximum atomic E-state index is 12.4. The lowest BCUT2D eigenvalue weighted by Crippen LogP contribution is -2.27. The maximum Gasteiger partial charge on any atom is 0.293 e. The highest BCUT2D eigenvalue weighted by Crippen LogP contribution is 2.29. The number of anilines is 2. The molecule has 2 rings (SSSR count). The monoisotopic (exact) mass is 436 g/mol. The van der Waals surface area contributed by atoms with Crippen molar-refractivity contribution in [2.75, 3.05) is 15.8 Å². The first-order chi connectivity index (χ1) is 12.0. The highest BCUT2D eigenvalue weighted by Gasteiger charge is 2.26. The summed E-state index contributed by atoms with van der Waals surface area (Å²) in [6, 6.07) is 0. The number of carbonyl (C=O) groups is 1. The average molecular weight is 437 g/mol. The molecule has 26 heavy (non-hydrogen) atoms. The first kappa shape index (κ1) is 21.0. The third-order valence-electron chi connectivity index (χ3n) is 2.71. The van der Waals surface area contributed by atoms with Crippen molar-refractivity contribution in [1.29, 1.82) is 0 Å². The fourth-order valence-corrected chi connectivity index (χ4v) is 5.21. The lowest BCUT2D eigenvalue weighted by atomic mass is 9.96. The summed E-state index contributed by atoms with van der Waals surface area (Å²) in [6.07, 6.45) is 0. The summed E-state index contributed by atoms with van der Waals surface area (Å²) in [6.45, 7) is 9.40. The molecule has 0 unspecified atom stereocenters. The Morgan fingerprint density at radius 1 is 1.12 bits per heavy atom. The average Bonchev–Trinajstić information content (AvgIpc) is 3.13. The number of hydrogen-bond acceptors (Lipinski definition) is 10. The molecule has 144 valence electrons. The van der Waals surface area contributed by atoms with Gasteiger partial charge in [-0.25, -0.2) is 0 Å². The molecule has 2 N–H and O–H groups in total. The third-order valence-corrected chi connectivity index (χ3v) is 7.78. The largest absolute Gasteiger partial charge is 0.300 e. The number of carbonyl (C=O) groups excluding carboxylic acids is 1. The van der Waals surface area contributed by atoms with Gasteiger partial charge in [0.25, 0.3) is 14.4 Å². The Kier molecular flexibility index (Phi) is 6.58. The molecule has 0 radical (unpaired) electrons. The molecule has 0 spiro atoms. The van der Waals surface area contributed by atoms with E-state index in [1.54, 1.807) is 20.8 Å². The molecular formula is C13H20N6O3S4. The Morgan fingerprint density at radius 2 is 1.77 bits per heavy atom. The van der Waals surface area contributed by atoms with Gasteiger partial charge in [0.2, 0.25) is 16.2 Å². The molecule has 0 aliphatic heterocycles. The number of sulfonamides is 1. The van der Waals surface area contributed by atoms with E-state index in [2.05, 4.69) is 44.3 Å². The van der Waals surface area contributed by atoms with Crippen molar-refractivity contribution in [3.8, 4) is 0 Å². The quantitative estimate of drug-likeness (QED) is 0.501. The van der Waals surface area contributed by atoms with Crippen LogP contribution in [0.2, 0.25) is 0 Å². The zero-order valence-electron chi connectivity index (χ0n) is 14.9. The van der Waals surface area contributed by atoms with Gasteiger partial charge in [0.1, 0.15) is 0 Å². The summed E-state index contributed by atoms with van der Waals surface area (Å²) < 4.78 is 27.5. The van der Waals surface area contributed by atoms with E-state index in [1.165, 1.54) is 11.8 Å². The molecule has 2 heterocycles. The van der Waals surface area contributed by atoms with Gasteiger partial charge < -0.3 is 5.32 Å². The van der Waals surface area contributed by atoms with Gasteiger partial charge in [0.15, 0.2) is 4.34 Å². The standard InChI is InChI=1S/C13H20N6O3S4/c1-7(2)6-23-11-17-16-10(24-11)19-26(21,22)12-18-15-9(25-12)14-8(20)13(3,4)5/h7H,6H2,1-5H3,(H,16,19)(H,14,15,20). The summed E-state index contributed by atoms with van der Waals surface area (Å²) in [5.41, 5.74) is -0.625. The Labute approximate surface area is 164 Å². The van der Waals surface area contributed by atoms with Crippen molar-refractivity contribution in [1.82, 2.24) is 20.4 Å². The molecule has 0 bridgehead atoms. The van der Waals surface area contributed by atoms with E-state index in [9.17, 15) is 13.2 Å². The number of aromatic nitrogens is 4. The van der Waals surface area contributed by atoms with Gasteiger partial charge in [-0.3, -0.25) is 9.52 Å². The van der Waals surface area contributed by atoms with Gasteiger partial charge in [0.05, 0.1) is 0 Å². The van der Waals surface area contributed by atoms with E-state index in [-0.39, 0.29) is 20.5 Å². The second-order valence-electron chi connectivity index (χ2n) is 6.76. The molecule has 2 aromatic rings. The van der Waals surface area contributed by atoms with E-state index in [4.69, 9.17) is 0 Å². The maximum absolute atomic E-state index is 12.4. The molecule has 0 saturated heterocycles. The van der Waals surface area contributed by atoms with Crippen LogP contribution in [0.5, 0.6) is 0 Å². The van der Waals surface area contributed by atoms with Crippen LogP contribution in [0.1, 0.15) is 34.6 Å². The van der Waals surface area contributed by atoms with Crippen molar-refractivity contribution >= 4 is 60.6 Å². The van der Waals surface area contributed by atoms with E-state index < -0.39 is 15.4 Å². The highest BCUT2D eigenvalue weighted by atomic mass is 32.2. The molecule has 0 saturated carbocycles. The van der Waals surface area contributed by atoms with Crippen LogP contribution >= 0.6 is 34.4 Å². The summed E-state index contributed by atoms with van der Waals surface area (Å²) in [5.74, 6) is 1.09. The number of amides is 1. The smallest absolute Gasteiger partial charge is 0.293 e. The van der Waals surface area contributed by atoms with E-state index in [1.807, 2.05) is 0 Å². The highest BCUT2D eigenvalue weighted by molar-refractivity contribution is 8.01. The lowest BCUT2D eigenvalue weighted by molar-refractivity contribution is -0.123. The predicted octanol–water partition coefficient (Wildman–Crippen LogP) is 2.92. The van der Waals surface area contributed by atoms with Crippen LogP contribution in [0.3, 0.4) is 0 Å². The summed E-state index contributed by atoms with van der Waals surface area (Å²) in [7, 11) is -3.94. The van der Waals surface area contributed by atoms with Gasteiger partial charge in [-0.15, -0.1) is 20.4 Å². The lowest BCUT2D eigenvalue weighted by Gasteiger charge is -2.15. The third kappa shape index (κ3) is 5.86. The minimum absolute atomic E-state index is 0.121. The van der Waals surface area contributed by atoms with Gasteiger partial charge >= 0.3 is 0 Å². The second kappa shape index (κ2) is 8.15. The molecule has 1 amide bonds. The van der Waals surface area contributed by atoms with Crippen LogP contribution in [0, 0.1) is 11.3 Å². The molecule has 0 fully saturated rings. The first-order valence-corrected chi connectivity index (χ1v) is 11.7. The van der Waals surface area contributed by atoms with Crippen LogP contribution in [-0.2, 0) is 14.8 Å². The fourth-order valence-electron chi connectivity index (χ4n) is 1.36. The topological polar surface area (TPSA) is 127 Å². The van der Waals surface area contributed by atoms with Gasteiger partial charge in [-0.1, -0.05) is 69.1 Å². The van der Waals surface area contributed by atoms with Crippen molar-refractivity contribution < 1.29 is 13.2 Å². The normalized spacial score (nSPS) is 12.4.